The molecule has 3 fully saturated rings. The van der Waals surface area contributed by atoms with Crippen LogP contribution in [0, 0.1) is 0 Å². The third-order valence-electron chi connectivity index (χ3n) is 8.72. The highest BCUT2D eigenvalue weighted by Gasteiger charge is 2.50. The number of alkyl halides is 2. The fraction of sp³-hybridized carbons (Fsp3) is 0.593. The molecule has 2 aromatic rings. The first-order valence-electron chi connectivity index (χ1n) is 14.6. The zero-order valence-corrected chi connectivity index (χ0v) is 27.3. The summed E-state index contributed by atoms with van der Waals surface area (Å²) in [6, 6.07) is 2.62. The Morgan fingerprint density at radius 1 is 1.04 bits per heavy atom. The van der Waals surface area contributed by atoms with Crippen molar-refractivity contribution in [1.82, 2.24) is 23.7 Å². The molecule has 1 aromatic carbocycles. The SMILES string of the molecule is CN(C)S(=O)(=O)N1CCN(C(=O)[C@@H]2CC[C@@H]3CCCC[C@H](NC(=O)c4cc5cc(C(F)(F)P(=O)(O)O)ccc5s4)C(=O)N32)CC1. The molecule has 5 rings (SSSR count). The molecular formula is C27H36F2N5O8PS2. The van der Waals surface area contributed by atoms with Crippen LogP contribution in [0.1, 0.15) is 53.8 Å². The van der Waals surface area contributed by atoms with Gasteiger partial charge in [0, 0.05) is 56.6 Å². The zero-order valence-electron chi connectivity index (χ0n) is 24.8. The van der Waals surface area contributed by atoms with Gasteiger partial charge in [-0.3, -0.25) is 18.9 Å². The highest BCUT2D eigenvalue weighted by atomic mass is 32.2. The number of hydrogen-bond acceptors (Lipinski definition) is 7. The number of amides is 3. The van der Waals surface area contributed by atoms with Crippen LogP contribution in [0.2, 0.25) is 0 Å². The molecule has 0 bridgehead atoms. The second-order valence-electron chi connectivity index (χ2n) is 11.8. The van der Waals surface area contributed by atoms with Crippen LogP contribution in [0.4, 0.5) is 8.78 Å². The maximum atomic E-state index is 14.3. The molecule has 0 spiro atoms. The molecule has 3 saturated heterocycles. The van der Waals surface area contributed by atoms with E-state index < -0.39 is 47.0 Å². The third-order valence-corrected chi connectivity index (χ3v) is 12.8. The van der Waals surface area contributed by atoms with Crippen LogP contribution < -0.4 is 5.32 Å². The van der Waals surface area contributed by atoms with Crippen LogP contribution >= 0.6 is 18.9 Å². The van der Waals surface area contributed by atoms with Crippen LogP contribution in [0.15, 0.2) is 24.3 Å². The van der Waals surface area contributed by atoms with E-state index in [4.69, 9.17) is 9.79 Å². The smallest absolute Gasteiger partial charge is 0.340 e. The minimum atomic E-state index is -5.77. The second-order valence-corrected chi connectivity index (χ2v) is 16.6. The van der Waals surface area contributed by atoms with Gasteiger partial charge in [-0.2, -0.15) is 25.8 Å². The molecule has 0 unspecified atom stereocenters. The lowest BCUT2D eigenvalue weighted by Gasteiger charge is -2.39. The first kappa shape index (κ1) is 33.8. The van der Waals surface area contributed by atoms with Crippen LogP contribution in [0.25, 0.3) is 10.1 Å². The van der Waals surface area contributed by atoms with Crippen LogP contribution in [0.3, 0.4) is 0 Å². The van der Waals surface area contributed by atoms with E-state index in [1.165, 1.54) is 30.5 Å². The van der Waals surface area contributed by atoms with Gasteiger partial charge in [0.25, 0.3) is 16.1 Å². The number of piperazine rings is 1. The molecule has 4 heterocycles. The fourth-order valence-electron chi connectivity index (χ4n) is 6.23. The number of rotatable bonds is 7. The van der Waals surface area contributed by atoms with E-state index in [1.807, 2.05) is 0 Å². The molecular weight excluding hydrogens is 655 g/mol. The summed E-state index contributed by atoms with van der Waals surface area (Å²) < 4.78 is 67.7. The van der Waals surface area contributed by atoms with Crippen molar-refractivity contribution < 1.29 is 45.9 Å². The van der Waals surface area contributed by atoms with Crippen LogP contribution in [-0.2, 0) is 30.0 Å². The van der Waals surface area contributed by atoms with Gasteiger partial charge < -0.3 is 24.9 Å². The molecule has 3 N–H and O–H groups in total. The van der Waals surface area contributed by atoms with Gasteiger partial charge >= 0.3 is 13.3 Å². The van der Waals surface area contributed by atoms with Gasteiger partial charge in [0.15, 0.2) is 0 Å². The van der Waals surface area contributed by atoms with Crippen LogP contribution in [-0.4, -0.2) is 113 Å². The maximum absolute atomic E-state index is 14.3. The van der Waals surface area contributed by atoms with Gasteiger partial charge in [-0.25, -0.2) is 0 Å². The summed E-state index contributed by atoms with van der Waals surface area (Å²) in [4.78, 5) is 62.4. The van der Waals surface area contributed by atoms with Crippen molar-refractivity contribution in [3.05, 3.63) is 34.7 Å². The largest absolute Gasteiger partial charge is 0.399 e. The highest BCUT2D eigenvalue weighted by molar-refractivity contribution is 7.86. The van der Waals surface area contributed by atoms with E-state index in [2.05, 4.69) is 5.32 Å². The first-order chi connectivity index (χ1) is 21.0. The predicted octanol–water partition coefficient (Wildman–Crippen LogP) is 2.11. The van der Waals surface area contributed by atoms with E-state index in [9.17, 15) is 36.1 Å². The summed E-state index contributed by atoms with van der Waals surface area (Å²) in [7, 11) is -6.49. The molecule has 3 atom stereocenters. The molecule has 1 aromatic heterocycles. The molecule has 0 radical (unpaired) electrons. The van der Waals surface area contributed by atoms with Crippen molar-refractivity contribution in [2.24, 2.45) is 0 Å². The number of carbonyl (C=O) groups excluding carboxylic acids is 3. The zero-order chi connectivity index (χ0) is 32.9. The van der Waals surface area contributed by atoms with Gasteiger partial charge in [0.1, 0.15) is 12.1 Å². The average molecular weight is 692 g/mol. The average Bonchev–Trinajstić information content (AvgIpc) is 3.60. The summed E-state index contributed by atoms with van der Waals surface area (Å²) >= 11 is 0.992. The Bertz CT molecular complexity index is 1640. The van der Waals surface area contributed by atoms with Crippen molar-refractivity contribution in [3.63, 3.8) is 0 Å². The summed E-state index contributed by atoms with van der Waals surface area (Å²) in [6.45, 7) is 0.678. The minimum Gasteiger partial charge on any atom is -0.340 e. The summed E-state index contributed by atoms with van der Waals surface area (Å²) in [5, 5.41) is 2.97. The Kier molecular flexibility index (Phi) is 9.46. The van der Waals surface area contributed by atoms with Crippen molar-refractivity contribution >= 4 is 56.9 Å². The highest BCUT2D eigenvalue weighted by Crippen LogP contribution is 2.59. The van der Waals surface area contributed by atoms with Crippen molar-refractivity contribution in [2.45, 2.75) is 62.3 Å². The molecule has 3 aliphatic rings. The normalized spacial score (nSPS) is 24.1. The summed E-state index contributed by atoms with van der Waals surface area (Å²) in [5.41, 5.74) is -5.27. The first-order valence-corrected chi connectivity index (χ1v) is 18.4. The van der Waals surface area contributed by atoms with E-state index in [0.717, 1.165) is 40.6 Å². The second kappa shape index (κ2) is 12.6. The molecule has 13 nitrogen and oxygen atoms in total. The molecule has 45 heavy (non-hydrogen) atoms. The standard InChI is InChI=1S/C27H36F2N5O8PS2/c1-31(2)45(41,42)33-13-11-32(12-14-33)26(37)21-9-8-19-5-3-4-6-20(25(36)34(19)21)30-24(35)23-16-17-15-18(7-10-22(17)44-23)27(28,29)43(38,39)40/h7,10,15-16,19-21H,3-6,8-9,11-14H2,1-2H3,(H,30,35)(H2,38,39,40)/t19-,20-,21-/m0/s1. The summed E-state index contributed by atoms with van der Waals surface area (Å²) in [5.74, 6) is -1.22. The minimum absolute atomic E-state index is 0.132. The Balaban J connectivity index is 1.30. The van der Waals surface area contributed by atoms with E-state index in [1.54, 1.807) is 9.80 Å². The Labute approximate surface area is 263 Å². The molecule has 0 saturated carbocycles. The molecule has 3 amide bonds. The lowest BCUT2D eigenvalue weighted by atomic mass is 9.99. The molecule has 0 aliphatic carbocycles. The molecule has 248 valence electrons. The fourth-order valence-corrected chi connectivity index (χ4v) is 8.74. The number of nitrogens with one attached hydrogen (secondary N) is 1. The van der Waals surface area contributed by atoms with Gasteiger partial charge in [-0.15, -0.1) is 11.3 Å². The van der Waals surface area contributed by atoms with Gasteiger partial charge in [0.05, 0.1) is 4.88 Å². The van der Waals surface area contributed by atoms with Crippen molar-refractivity contribution in [2.75, 3.05) is 40.3 Å². The molecule has 3 aliphatic heterocycles. The summed E-state index contributed by atoms with van der Waals surface area (Å²) in [6.07, 6.45) is 3.64. The van der Waals surface area contributed by atoms with Gasteiger partial charge in [-0.1, -0.05) is 18.9 Å². The van der Waals surface area contributed by atoms with E-state index in [0.29, 0.717) is 30.4 Å². The number of nitrogens with zero attached hydrogens (tertiary/aromatic N) is 4. The Hall–Kier alpha value is -2.53. The van der Waals surface area contributed by atoms with Gasteiger partial charge in [-0.05, 0) is 49.3 Å². The number of thiophene rings is 1. The number of hydrogen-bond donors (Lipinski definition) is 3. The monoisotopic (exact) mass is 691 g/mol. The van der Waals surface area contributed by atoms with E-state index in [-0.39, 0.29) is 54.3 Å². The van der Waals surface area contributed by atoms with Crippen LogP contribution in [0.5, 0.6) is 0 Å². The lowest BCUT2D eigenvalue weighted by molar-refractivity contribution is -0.147. The quantitative estimate of drug-likeness (QED) is 0.371. The third kappa shape index (κ3) is 6.53. The van der Waals surface area contributed by atoms with E-state index >= 15 is 0 Å². The Morgan fingerprint density at radius 2 is 1.71 bits per heavy atom. The maximum Gasteiger partial charge on any atom is 0.399 e. The Morgan fingerprint density at radius 3 is 2.36 bits per heavy atom. The number of carbonyl (C=O) groups is 3. The number of benzene rings is 1. The predicted molar refractivity (Wildman–Crippen MR) is 162 cm³/mol. The number of fused-ring (bicyclic) bond motifs is 2. The number of halogens is 2. The van der Waals surface area contributed by atoms with Crippen molar-refractivity contribution in [3.8, 4) is 0 Å². The topological polar surface area (TPSA) is 168 Å². The van der Waals surface area contributed by atoms with Gasteiger partial charge in [0.2, 0.25) is 11.8 Å². The lowest BCUT2D eigenvalue weighted by Crippen LogP contribution is -2.59. The molecule has 18 heteroatoms. The van der Waals surface area contributed by atoms with Crippen molar-refractivity contribution in [1.29, 1.82) is 0 Å².